The first-order valence-electron chi connectivity index (χ1n) is 6.64. The van der Waals surface area contributed by atoms with Crippen molar-refractivity contribution in [2.45, 2.75) is 52.0 Å². The molecule has 0 aromatic carbocycles. The summed E-state index contributed by atoms with van der Waals surface area (Å²) in [7, 11) is 0. The van der Waals surface area contributed by atoms with Gasteiger partial charge in [-0.25, -0.2) is 0 Å². The quantitative estimate of drug-likeness (QED) is 0.752. The van der Waals surface area contributed by atoms with E-state index in [2.05, 4.69) is 24.1 Å². The summed E-state index contributed by atoms with van der Waals surface area (Å²) in [5.41, 5.74) is 0.532. The summed E-state index contributed by atoms with van der Waals surface area (Å²) < 4.78 is 0. The minimum absolute atomic E-state index is 0.532. The molecule has 0 radical (unpaired) electrons. The molecule has 2 heterocycles. The van der Waals surface area contributed by atoms with Crippen molar-refractivity contribution in [3.05, 3.63) is 0 Å². The van der Waals surface area contributed by atoms with Crippen molar-refractivity contribution in [1.82, 2.24) is 10.2 Å². The van der Waals surface area contributed by atoms with Gasteiger partial charge in [0.1, 0.15) is 0 Å². The maximum atomic E-state index is 3.55. The molecule has 2 rings (SSSR count). The van der Waals surface area contributed by atoms with Gasteiger partial charge in [0.25, 0.3) is 0 Å². The molecule has 2 atom stereocenters. The van der Waals surface area contributed by atoms with Gasteiger partial charge in [-0.1, -0.05) is 13.3 Å². The lowest BCUT2D eigenvalue weighted by atomic mass is 9.81. The van der Waals surface area contributed by atoms with Crippen LogP contribution in [-0.4, -0.2) is 37.1 Å². The lowest BCUT2D eigenvalue weighted by molar-refractivity contribution is 0.0809. The van der Waals surface area contributed by atoms with E-state index in [1.165, 1.54) is 58.3 Å². The molecular weight excluding hydrogens is 184 g/mol. The Bertz CT molecular complexity index is 197. The van der Waals surface area contributed by atoms with Gasteiger partial charge in [0.2, 0.25) is 0 Å². The van der Waals surface area contributed by atoms with Crippen molar-refractivity contribution in [1.29, 1.82) is 0 Å². The molecule has 15 heavy (non-hydrogen) atoms. The molecule has 0 bridgehead atoms. The smallest absolute Gasteiger partial charge is 0.00671 e. The predicted octanol–water partition coefficient (Wildman–Crippen LogP) is 2.25. The van der Waals surface area contributed by atoms with Crippen molar-refractivity contribution >= 4 is 0 Å². The van der Waals surface area contributed by atoms with Gasteiger partial charge in [-0.2, -0.15) is 0 Å². The maximum absolute atomic E-state index is 3.55. The van der Waals surface area contributed by atoms with Gasteiger partial charge in [0.05, 0.1) is 0 Å². The summed E-state index contributed by atoms with van der Waals surface area (Å²) in [6.07, 6.45) is 7.02. The monoisotopic (exact) mass is 210 g/mol. The Morgan fingerprint density at radius 1 is 1.33 bits per heavy atom. The Kier molecular flexibility index (Phi) is 3.68. The molecule has 0 saturated carbocycles. The molecular formula is C13H26N2. The van der Waals surface area contributed by atoms with E-state index in [-0.39, 0.29) is 0 Å². The van der Waals surface area contributed by atoms with Gasteiger partial charge in [0, 0.05) is 19.1 Å². The number of nitrogens with one attached hydrogen (secondary N) is 1. The van der Waals surface area contributed by atoms with Crippen molar-refractivity contribution in [3.63, 3.8) is 0 Å². The molecule has 1 N–H and O–H groups in total. The number of likely N-dealkylation sites (tertiary alicyclic amines) is 1. The Hall–Kier alpha value is -0.0800. The van der Waals surface area contributed by atoms with Crippen molar-refractivity contribution in [2.24, 2.45) is 5.41 Å². The zero-order chi connectivity index (χ0) is 10.7. The fraction of sp³-hybridized carbons (Fsp3) is 1.00. The second kappa shape index (κ2) is 4.84. The molecule has 2 nitrogen and oxygen atoms in total. The van der Waals surface area contributed by atoms with Crippen molar-refractivity contribution in [2.75, 3.05) is 26.2 Å². The molecule has 2 unspecified atom stereocenters. The number of hydrogen-bond donors (Lipinski definition) is 1. The summed E-state index contributed by atoms with van der Waals surface area (Å²) in [5.74, 6) is 0. The van der Waals surface area contributed by atoms with Crippen molar-refractivity contribution in [3.8, 4) is 0 Å². The van der Waals surface area contributed by atoms with E-state index in [0.717, 1.165) is 6.04 Å². The van der Waals surface area contributed by atoms with E-state index < -0.39 is 0 Å². The van der Waals surface area contributed by atoms with E-state index in [9.17, 15) is 0 Å². The van der Waals surface area contributed by atoms with E-state index in [0.29, 0.717) is 5.41 Å². The van der Waals surface area contributed by atoms with E-state index >= 15 is 0 Å². The number of rotatable bonds is 2. The first-order chi connectivity index (χ1) is 7.20. The van der Waals surface area contributed by atoms with Crippen LogP contribution in [0.25, 0.3) is 0 Å². The second-order valence-electron chi connectivity index (χ2n) is 5.91. The Morgan fingerprint density at radius 2 is 2.20 bits per heavy atom. The van der Waals surface area contributed by atoms with Gasteiger partial charge < -0.3 is 10.2 Å². The van der Waals surface area contributed by atoms with Gasteiger partial charge >= 0.3 is 0 Å². The van der Waals surface area contributed by atoms with Gasteiger partial charge in [-0.15, -0.1) is 0 Å². The fourth-order valence-electron chi connectivity index (χ4n) is 3.14. The number of hydrogen-bond acceptors (Lipinski definition) is 2. The highest BCUT2D eigenvalue weighted by Crippen LogP contribution is 2.29. The fourth-order valence-corrected chi connectivity index (χ4v) is 3.14. The van der Waals surface area contributed by atoms with Crippen LogP contribution in [0.1, 0.15) is 46.0 Å². The van der Waals surface area contributed by atoms with Crippen molar-refractivity contribution < 1.29 is 0 Å². The Balaban J connectivity index is 1.88. The van der Waals surface area contributed by atoms with Crippen LogP contribution >= 0.6 is 0 Å². The Morgan fingerprint density at radius 3 is 2.87 bits per heavy atom. The predicted molar refractivity (Wildman–Crippen MR) is 65.1 cm³/mol. The minimum atomic E-state index is 0.532. The van der Waals surface area contributed by atoms with E-state index in [4.69, 9.17) is 0 Å². The molecule has 0 aromatic heterocycles. The molecule has 0 spiro atoms. The first kappa shape index (κ1) is 11.4. The van der Waals surface area contributed by atoms with E-state index in [1.807, 2.05) is 0 Å². The molecule has 0 amide bonds. The van der Waals surface area contributed by atoms with Crippen LogP contribution in [0.5, 0.6) is 0 Å². The zero-order valence-corrected chi connectivity index (χ0v) is 10.4. The third-order valence-electron chi connectivity index (χ3n) is 4.21. The highest BCUT2D eigenvalue weighted by molar-refractivity contribution is 4.86. The molecule has 2 fully saturated rings. The van der Waals surface area contributed by atoms with E-state index in [1.54, 1.807) is 0 Å². The zero-order valence-electron chi connectivity index (χ0n) is 10.4. The maximum Gasteiger partial charge on any atom is 0.00671 e. The Labute approximate surface area is 94.4 Å². The highest BCUT2D eigenvalue weighted by atomic mass is 15.2. The SMILES string of the molecule is CC1CCCCN1CC1(C)CCCNC1. The third-order valence-corrected chi connectivity index (χ3v) is 4.21. The van der Waals surface area contributed by atoms with Crippen LogP contribution in [0.2, 0.25) is 0 Å². The topological polar surface area (TPSA) is 15.3 Å². The average Bonchev–Trinajstić information content (AvgIpc) is 2.22. The normalized spacial score (nSPS) is 39.2. The van der Waals surface area contributed by atoms with Crippen LogP contribution in [0.4, 0.5) is 0 Å². The van der Waals surface area contributed by atoms with Crippen LogP contribution < -0.4 is 5.32 Å². The molecule has 0 aliphatic carbocycles. The third kappa shape index (κ3) is 2.94. The van der Waals surface area contributed by atoms with Crippen LogP contribution in [0.15, 0.2) is 0 Å². The molecule has 2 aliphatic rings. The van der Waals surface area contributed by atoms with Gasteiger partial charge in [-0.3, -0.25) is 0 Å². The average molecular weight is 210 g/mol. The van der Waals surface area contributed by atoms with Gasteiger partial charge in [-0.05, 0) is 51.1 Å². The lowest BCUT2D eigenvalue weighted by Crippen LogP contribution is -2.49. The molecule has 2 aliphatic heterocycles. The van der Waals surface area contributed by atoms with Gasteiger partial charge in [0.15, 0.2) is 0 Å². The number of piperidine rings is 2. The molecule has 2 heteroatoms. The second-order valence-corrected chi connectivity index (χ2v) is 5.91. The summed E-state index contributed by atoms with van der Waals surface area (Å²) in [5, 5.41) is 3.55. The summed E-state index contributed by atoms with van der Waals surface area (Å²) in [6, 6.07) is 0.817. The standard InChI is InChI=1S/C13H26N2/c1-12-6-3-4-9-15(12)11-13(2)7-5-8-14-10-13/h12,14H,3-11H2,1-2H3. The van der Waals surface area contributed by atoms with Crippen LogP contribution in [0, 0.1) is 5.41 Å². The number of nitrogens with zero attached hydrogens (tertiary/aromatic N) is 1. The summed E-state index contributed by atoms with van der Waals surface area (Å²) in [4.78, 5) is 2.72. The first-order valence-corrected chi connectivity index (χ1v) is 6.64. The summed E-state index contributed by atoms with van der Waals surface area (Å²) in [6.45, 7) is 9.94. The lowest BCUT2D eigenvalue weighted by Gasteiger charge is -2.42. The molecule has 88 valence electrons. The highest BCUT2D eigenvalue weighted by Gasteiger charge is 2.31. The molecule has 2 saturated heterocycles. The van der Waals surface area contributed by atoms with Crippen LogP contribution in [0.3, 0.4) is 0 Å². The summed E-state index contributed by atoms with van der Waals surface area (Å²) >= 11 is 0. The molecule has 0 aromatic rings. The minimum Gasteiger partial charge on any atom is -0.316 e. The largest absolute Gasteiger partial charge is 0.316 e. The van der Waals surface area contributed by atoms with Crippen LogP contribution in [-0.2, 0) is 0 Å².